The highest BCUT2D eigenvalue weighted by molar-refractivity contribution is 8.04. The maximum Gasteiger partial charge on any atom is 0.433 e. The molecular weight excluding hydrogens is 1080 g/mol. The van der Waals surface area contributed by atoms with E-state index in [0.29, 0.717) is 4.90 Å². The molecule has 0 spiro atoms. The second-order valence-corrected chi connectivity index (χ2v) is 20.8. The molecule has 72 heavy (non-hydrogen) atoms. The third-order valence-corrected chi connectivity index (χ3v) is 13.5. The van der Waals surface area contributed by atoms with Crippen LogP contribution in [0.4, 0.5) is 51.7 Å². The maximum absolute atomic E-state index is 12.9. The van der Waals surface area contributed by atoms with Gasteiger partial charge < -0.3 is 42.1 Å². The first kappa shape index (κ1) is 56.0. The Bertz CT molecular complexity index is 3620. The summed E-state index contributed by atoms with van der Waals surface area (Å²) < 4.78 is 136. The minimum atomic E-state index is -5.22. The van der Waals surface area contributed by atoms with Gasteiger partial charge in [0.2, 0.25) is 17.2 Å². The Morgan fingerprint density at radius 3 is 2.17 bits per heavy atom. The summed E-state index contributed by atoms with van der Waals surface area (Å²) in [5.74, 6) is -1.30. The number of aliphatic hydroxyl groups excluding tert-OH is 1. The van der Waals surface area contributed by atoms with Crippen LogP contribution in [0.25, 0.3) is 10.8 Å². The van der Waals surface area contributed by atoms with Crippen molar-refractivity contribution < 1.29 is 77.0 Å². The van der Waals surface area contributed by atoms with Gasteiger partial charge in [-0.15, -0.1) is 15.3 Å². The van der Waals surface area contributed by atoms with Gasteiger partial charge in [-0.3, -0.25) is 18.5 Å². The standard InChI is InChI=1S/C38H34ClN11O16S5.H2O/c1-64-30-10-6-23(67-15-14-65-66-71(61,62)63)19-29(30)43-38-45-36(39)44-37(46-38)42-21-5-9-28(31(18-21)69(55,56)57)48-49-33-26-20-32(70(58,59)60)34(35(52)25(26)7-8-27(33)40)50-47-22-3-2-4-24(17-22)68(53,54)16-12-41-11-13-51;/h2-10,17-20,41,51-52H,11-13,16,40H2,1H3,(H,55,56,57)(H,58,59,60)(H,61,62,63)(H2,42,43,44,45,46);1H2. The number of benzene rings is 5. The van der Waals surface area contributed by atoms with Gasteiger partial charge in [0.05, 0.1) is 41.4 Å². The van der Waals surface area contributed by atoms with E-state index in [1.165, 1.54) is 55.6 Å². The Morgan fingerprint density at radius 1 is 0.778 bits per heavy atom. The zero-order chi connectivity index (χ0) is 51.7. The Morgan fingerprint density at radius 2 is 1.49 bits per heavy atom. The molecule has 0 saturated carbocycles. The number of sulfone groups is 1. The van der Waals surface area contributed by atoms with Crippen LogP contribution in [0, 0.1) is 11.4 Å². The second kappa shape index (κ2) is 23.5. The number of nitrogens with two attached hydrogens (primary N) is 1. The van der Waals surface area contributed by atoms with Crippen LogP contribution >= 0.6 is 23.4 Å². The summed E-state index contributed by atoms with van der Waals surface area (Å²) in [5, 5.41) is 46.0. The van der Waals surface area contributed by atoms with Crippen LogP contribution in [-0.4, -0.2) is 111 Å². The van der Waals surface area contributed by atoms with E-state index in [1.54, 1.807) is 6.07 Å². The summed E-state index contributed by atoms with van der Waals surface area (Å²) in [6, 6.07) is 16.4. The molecule has 0 aliphatic carbocycles. The van der Waals surface area contributed by atoms with Crippen molar-refractivity contribution in [2.45, 2.75) is 19.6 Å². The predicted octanol–water partition coefficient (Wildman–Crippen LogP) is 5.08. The number of hydrogen-bond donors (Lipinski definition) is 9. The fourth-order valence-corrected chi connectivity index (χ4v) is 9.22. The lowest BCUT2D eigenvalue weighted by Crippen LogP contribution is -2.25. The first-order valence-corrected chi connectivity index (χ1v) is 26.3. The van der Waals surface area contributed by atoms with E-state index < -0.39 is 67.4 Å². The fraction of sp³-hybridized carbons (Fsp3) is 0.132. The van der Waals surface area contributed by atoms with Gasteiger partial charge in [-0.2, -0.15) is 45.3 Å². The van der Waals surface area contributed by atoms with Crippen molar-refractivity contribution in [3.63, 3.8) is 0 Å². The number of halogens is 1. The number of nitrogens with one attached hydrogen (secondary N) is 3. The van der Waals surface area contributed by atoms with Gasteiger partial charge in [-0.25, -0.2) is 8.42 Å². The van der Waals surface area contributed by atoms with Gasteiger partial charge in [0, 0.05) is 39.7 Å². The van der Waals surface area contributed by atoms with Gasteiger partial charge in [0.1, 0.15) is 32.6 Å². The number of fused-ring (bicyclic) bond motifs is 1. The summed E-state index contributed by atoms with van der Waals surface area (Å²) in [6.07, 6.45) is 1.91. The second-order valence-electron chi connectivity index (χ2n) is 13.7. The van der Waals surface area contributed by atoms with Crippen LogP contribution < -0.4 is 26.4 Å². The first-order chi connectivity index (χ1) is 33.5. The van der Waals surface area contributed by atoms with Gasteiger partial charge in [-0.1, -0.05) is 6.07 Å². The average molecular weight is 1110 g/mol. The van der Waals surface area contributed by atoms with E-state index in [1.807, 2.05) is 6.11 Å². The Kier molecular flexibility index (Phi) is 18.3. The SMILES string of the molecule is COc1ccc(SC#COOS(=O)(=O)O)cc1Nc1nc(Cl)nc(Nc2ccc(N=Nc3c(N)ccc4c(O)c(N=Nc5cccc(S(=O)(=O)CCNCCO)c5)c(S(=O)(=O)O)cc34)c(S(=O)(=O)O)c2)n1.O. The smallest absolute Gasteiger partial charge is 0.433 e. The van der Waals surface area contributed by atoms with E-state index in [9.17, 15) is 47.9 Å². The number of nitrogens with zero attached hydrogens (tertiary/aromatic N) is 7. The molecule has 1 heterocycles. The largest absolute Gasteiger partial charge is 0.505 e. The quantitative estimate of drug-likeness (QED) is 0.00703. The van der Waals surface area contributed by atoms with Crippen molar-refractivity contribution in [2.75, 3.05) is 48.9 Å². The molecular formula is C38H36ClN11O17S5. The number of azo groups is 2. The number of aliphatic hydroxyl groups is 1. The van der Waals surface area contributed by atoms with Crippen molar-refractivity contribution in [1.82, 2.24) is 20.3 Å². The van der Waals surface area contributed by atoms with E-state index in [-0.39, 0.29) is 98.0 Å². The number of phenols is 1. The average Bonchev–Trinajstić information content (AvgIpc) is 3.29. The van der Waals surface area contributed by atoms with Gasteiger partial charge in [-0.05, 0) is 100 Å². The molecule has 6 aromatic rings. The molecule has 12 N–H and O–H groups in total. The van der Waals surface area contributed by atoms with Gasteiger partial charge in [0.25, 0.3) is 20.2 Å². The lowest BCUT2D eigenvalue weighted by molar-refractivity contribution is -0.135. The molecule has 6 rings (SSSR count). The number of nitrogen functional groups attached to an aromatic ring is 1. The Hall–Kier alpha value is -6.91. The van der Waals surface area contributed by atoms with E-state index in [0.717, 1.165) is 36.0 Å². The number of thioether (sulfide) groups is 1. The zero-order valence-electron chi connectivity index (χ0n) is 36.2. The summed E-state index contributed by atoms with van der Waals surface area (Å²) >= 11 is 7.03. The molecule has 0 aliphatic heterocycles. The number of methoxy groups -OCH3 is 1. The van der Waals surface area contributed by atoms with E-state index in [4.69, 9.17) is 31.7 Å². The van der Waals surface area contributed by atoms with Crippen LogP contribution in [0.3, 0.4) is 0 Å². The molecule has 0 aliphatic rings. The predicted molar refractivity (Wildman–Crippen MR) is 258 cm³/mol. The highest BCUT2D eigenvalue weighted by Crippen LogP contribution is 2.46. The summed E-state index contributed by atoms with van der Waals surface area (Å²) in [7, 11) is -17.7. The molecule has 34 heteroatoms. The van der Waals surface area contributed by atoms with Crippen molar-refractivity contribution >= 4 is 126 Å². The summed E-state index contributed by atoms with van der Waals surface area (Å²) in [4.78, 5) is 14.8. The van der Waals surface area contributed by atoms with Crippen molar-refractivity contribution in [1.29, 1.82) is 0 Å². The molecule has 0 atom stereocenters. The molecule has 0 saturated heterocycles. The number of ether oxygens (including phenoxy) is 1. The maximum atomic E-state index is 12.9. The van der Waals surface area contributed by atoms with Crippen molar-refractivity contribution in [3.8, 4) is 22.9 Å². The number of aromatic hydroxyl groups is 1. The third kappa shape index (κ3) is 14.8. The molecule has 1 aromatic heterocycles. The normalized spacial score (nSPS) is 12.1. The first-order valence-electron chi connectivity index (χ1n) is 19.2. The third-order valence-electron chi connectivity index (χ3n) is 8.94. The number of aromatic nitrogens is 3. The monoisotopic (exact) mass is 1110 g/mol. The van der Waals surface area contributed by atoms with Crippen LogP contribution in [0.15, 0.2) is 119 Å². The van der Waals surface area contributed by atoms with Crippen LogP contribution in [0.5, 0.6) is 11.5 Å². The minimum absolute atomic E-state index is 0. The lowest BCUT2D eigenvalue weighted by atomic mass is 10.1. The summed E-state index contributed by atoms with van der Waals surface area (Å²) in [5.41, 5.74) is 4.57. The molecule has 0 bridgehead atoms. The summed E-state index contributed by atoms with van der Waals surface area (Å²) in [6.45, 7) is 0.0204. The number of hydrogen-bond acceptors (Lipinski definition) is 25. The number of phenolic OH excluding ortho intramolecular Hbond substituents is 1. The van der Waals surface area contributed by atoms with E-state index >= 15 is 0 Å². The molecule has 0 radical (unpaired) electrons. The van der Waals surface area contributed by atoms with Gasteiger partial charge >= 0.3 is 10.4 Å². The van der Waals surface area contributed by atoms with Gasteiger partial charge in [0.15, 0.2) is 21.7 Å². The van der Waals surface area contributed by atoms with Crippen molar-refractivity contribution in [2.24, 2.45) is 20.5 Å². The highest BCUT2D eigenvalue weighted by atomic mass is 35.5. The molecule has 5 aromatic carbocycles. The van der Waals surface area contributed by atoms with E-state index in [2.05, 4.69) is 65.8 Å². The lowest BCUT2D eigenvalue weighted by Gasteiger charge is -2.13. The Labute approximate surface area is 417 Å². The number of anilines is 5. The van der Waals surface area contributed by atoms with Crippen molar-refractivity contribution in [3.05, 3.63) is 84.1 Å². The minimum Gasteiger partial charge on any atom is -0.505 e. The molecule has 0 fully saturated rings. The highest BCUT2D eigenvalue weighted by Gasteiger charge is 2.25. The topological polar surface area (TPSA) is 447 Å². The molecule has 0 amide bonds. The van der Waals surface area contributed by atoms with Crippen LogP contribution in [0.1, 0.15) is 0 Å². The molecule has 0 unspecified atom stereocenters. The molecule has 28 nitrogen and oxygen atoms in total. The fourth-order valence-electron chi connectivity index (χ4n) is 5.90. The number of rotatable bonds is 20. The Balaban J connectivity index is 0.00000963. The van der Waals surface area contributed by atoms with Crippen LogP contribution in [-0.2, 0) is 49.7 Å². The zero-order valence-corrected chi connectivity index (χ0v) is 41.0. The molecule has 382 valence electrons. The van der Waals surface area contributed by atoms with Crippen LogP contribution in [0.2, 0.25) is 5.28 Å².